The van der Waals surface area contributed by atoms with Gasteiger partial charge in [0.15, 0.2) is 0 Å². The highest BCUT2D eigenvalue weighted by Crippen LogP contribution is 2.23. The third kappa shape index (κ3) is 4.10. The van der Waals surface area contributed by atoms with Gasteiger partial charge in [-0.05, 0) is 51.3 Å². The fourth-order valence-electron chi connectivity index (χ4n) is 3.33. The predicted molar refractivity (Wildman–Crippen MR) is 92.6 cm³/mol. The van der Waals surface area contributed by atoms with Crippen molar-refractivity contribution in [1.82, 2.24) is 9.80 Å². The van der Waals surface area contributed by atoms with Crippen molar-refractivity contribution in [1.29, 1.82) is 0 Å². The summed E-state index contributed by atoms with van der Waals surface area (Å²) in [6, 6.07) is 3.96. The molecule has 1 heterocycles. The van der Waals surface area contributed by atoms with E-state index in [0.717, 1.165) is 36.2 Å². The number of benzene rings is 1. The summed E-state index contributed by atoms with van der Waals surface area (Å²) < 4.78 is 0. The highest BCUT2D eigenvalue weighted by atomic mass is 16.2. The van der Waals surface area contributed by atoms with E-state index in [9.17, 15) is 9.59 Å². The first-order valence-corrected chi connectivity index (χ1v) is 8.12. The standard InChI is InChI=1S/C18H27N3O2/c1-12-9-13(2)17(14(3)10-12)19-16(22)11-21-8-6-7-15(21)18(23)20(4)5/h9-10,15H,6-8,11H2,1-5H3,(H,19,22). The lowest BCUT2D eigenvalue weighted by molar-refractivity contribution is -0.133. The van der Waals surface area contributed by atoms with Crippen LogP contribution in [0.15, 0.2) is 12.1 Å². The molecule has 1 fully saturated rings. The Balaban J connectivity index is 2.04. The summed E-state index contributed by atoms with van der Waals surface area (Å²) in [4.78, 5) is 28.2. The van der Waals surface area contributed by atoms with E-state index in [1.165, 1.54) is 5.56 Å². The molecule has 0 spiro atoms. The number of hydrogen-bond donors (Lipinski definition) is 1. The van der Waals surface area contributed by atoms with Crippen LogP contribution in [0.4, 0.5) is 5.69 Å². The maximum absolute atomic E-state index is 12.4. The Hall–Kier alpha value is -1.88. The van der Waals surface area contributed by atoms with Crippen molar-refractivity contribution in [2.75, 3.05) is 32.5 Å². The van der Waals surface area contributed by atoms with Crippen molar-refractivity contribution < 1.29 is 9.59 Å². The van der Waals surface area contributed by atoms with Crippen molar-refractivity contribution >= 4 is 17.5 Å². The van der Waals surface area contributed by atoms with Gasteiger partial charge in [-0.1, -0.05) is 17.7 Å². The number of aryl methyl sites for hydroxylation is 3. The molecule has 1 saturated heterocycles. The molecule has 2 rings (SSSR count). The number of hydrogen-bond acceptors (Lipinski definition) is 3. The zero-order chi connectivity index (χ0) is 17.1. The van der Waals surface area contributed by atoms with E-state index in [4.69, 9.17) is 0 Å². The Morgan fingerprint density at radius 1 is 1.22 bits per heavy atom. The van der Waals surface area contributed by atoms with Gasteiger partial charge in [0, 0.05) is 19.8 Å². The molecular formula is C18H27N3O2. The van der Waals surface area contributed by atoms with Crippen LogP contribution in [0.1, 0.15) is 29.5 Å². The molecule has 1 aliphatic rings. The predicted octanol–water partition coefficient (Wildman–Crippen LogP) is 2.10. The molecule has 1 N–H and O–H groups in total. The molecule has 1 aromatic rings. The molecule has 23 heavy (non-hydrogen) atoms. The monoisotopic (exact) mass is 317 g/mol. The van der Waals surface area contributed by atoms with E-state index in [1.807, 2.05) is 25.7 Å². The second-order valence-electron chi connectivity index (χ2n) is 6.68. The van der Waals surface area contributed by atoms with Crippen LogP contribution >= 0.6 is 0 Å². The van der Waals surface area contributed by atoms with E-state index in [2.05, 4.69) is 17.4 Å². The van der Waals surface area contributed by atoms with Gasteiger partial charge >= 0.3 is 0 Å². The molecule has 1 atom stereocenters. The van der Waals surface area contributed by atoms with Crippen LogP contribution in [0.3, 0.4) is 0 Å². The highest BCUT2D eigenvalue weighted by Gasteiger charge is 2.32. The lowest BCUT2D eigenvalue weighted by atomic mass is 10.1. The van der Waals surface area contributed by atoms with Gasteiger partial charge in [0.1, 0.15) is 0 Å². The van der Waals surface area contributed by atoms with Crippen LogP contribution in [0, 0.1) is 20.8 Å². The molecule has 1 aliphatic heterocycles. The van der Waals surface area contributed by atoms with Gasteiger partial charge < -0.3 is 10.2 Å². The van der Waals surface area contributed by atoms with Crippen molar-refractivity contribution in [3.63, 3.8) is 0 Å². The molecule has 2 amide bonds. The van der Waals surface area contributed by atoms with Crippen LogP contribution in [0.5, 0.6) is 0 Å². The van der Waals surface area contributed by atoms with Gasteiger partial charge in [-0.25, -0.2) is 0 Å². The topological polar surface area (TPSA) is 52.7 Å². The molecule has 126 valence electrons. The zero-order valence-corrected chi connectivity index (χ0v) is 14.8. The molecule has 0 aliphatic carbocycles. The van der Waals surface area contributed by atoms with E-state index < -0.39 is 0 Å². The average Bonchev–Trinajstić information content (AvgIpc) is 2.89. The Bertz CT molecular complexity index is 587. The molecule has 5 nitrogen and oxygen atoms in total. The first-order chi connectivity index (χ1) is 10.8. The van der Waals surface area contributed by atoms with E-state index >= 15 is 0 Å². The summed E-state index contributed by atoms with van der Waals surface area (Å²) in [7, 11) is 3.52. The first kappa shape index (κ1) is 17.5. The number of nitrogens with one attached hydrogen (secondary N) is 1. The molecule has 1 unspecified atom stereocenters. The van der Waals surface area contributed by atoms with Crippen LogP contribution in [0.25, 0.3) is 0 Å². The number of anilines is 1. The fourth-order valence-corrected chi connectivity index (χ4v) is 3.33. The van der Waals surface area contributed by atoms with Crippen LogP contribution in [-0.2, 0) is 9.59 Å². The number of amides is 2. The van der Waals surface area contributed by atoms with Crippen molar-refractivity contribution in [3.8, 4) is 0 Å². The lowest BCUT2D eigenvalue weighted by Crippen LogP contribution is -2.45. The SMILES string of the molecule is Cc1cc(C)c(NC(=O)CN2CCCC2C(=O)N(C)C)c(C)c1. The summed E-state index contributed by atoms with van der Waals surface area (Å²) >= 11 is 0. The number of carbonyl (C=O) groups is 2. The molecule has 0 aromatic heterocycles. The average molecular weight is 317 g/mol. The van der Waals surface area contributed by atoms with Crippen LogP contribution < -0.4 is 5.32 Å². The third-order valence-corrected chi connectivity index (χ3v) is 4.38. The van der Waals surface area contributed by atoms with Gasteiger partial charge in [-0.2, -0.15) is 0 Å². The minimum Gasteiger partial charge on any atom is -0.347 e. The normalized spacial score (nSPS) is 18.0. The summed E-state index contributed by atoms with van der Waals surface area (Å²) in [5, 5.41) is 3.02. The van der Waals surface area contributed by atoms with Crippen LogP contribution in [0.2, 0.25) is 0 Å². The smallest absolute Gasteiger partial charge is 0.239 e. The Labute approximate surface area is 138 Å². The lowest BCUT2D eigenvalue weighted by Gasteiger charge is -2.25. The van der Waals surface area contributed by atoms with E-state index in [0.29, 0.717) is 0 Å². The Morgan fingerprint density at radius 2 is 1.83 bits per heavy atom. The quantitative estimate of drug-likeness (QED) is 0.925. The summed E-state index contributed by atoms with van der Waals surface area (Å²) in [5.74, 6) is 0.0245. The zero-order valence-electron chi connectivity index (χ0n) is 14.8. The van der Waals surface area contributed by atoms with Crippen molar-refractivity contribution in [2.45, 2.75) is 39.7 Å². The second-order valence-corrected chi connectivity index (χ2v) is 6.68. The van der Waals surface area contributed by atoms with Gasteiger partial charge in [0.2, 0.25) is 11.8 Å². The largest absolute Gasteiger partial charge is 0.347 e. The Kier molecular flexibility index (Phi) is 5.42. The molecule has 5 heteroatoms. The van der Waals surface area contributed by atoms with Crippen LogP contribution in [-0.4, -0.2) is 54.8 Å². The van der Waals surface area contributed by atoms with Crippen molar-refractivity contribution in [3.05, 3.63) is 28.8 Å². The molecule has 0 saturated carbocycles. The highest BCUT2D eigenvalue weighted by molar-refractivity contribution is 5.94. The summed E-state index contributed by atoms with van der Waals surface area (Å²) in [5.41, 5.74) is 4.21. The molecule has 1 aromatic carbocycles. The molecule has 0 bridgehead atoms. The Morgan fingerprint density at radius 3 is 2.39 bits per heavy atom. The van der Waals surface area contributed by atoms with E-state index in [1.54, 1.807) is 19.0 Å². The number of likely N-dealkylation sites (N-methyl/N-ethyl adjacent to an activating group) is 1. The fraction of sp³-hybridized carbons (Fsp3) is 0.556. The van der Waals surface area contributed by atoms with Gasteiger partial charge in [0.25, 0.3) is 0 Å². The maximum Gasteiger partial charge on any atom is 0.239 e. The van der Waals surface area contributed by atoms with Gasteiger partial charge in [0.05, 0.1) is 12.6 Å². The summed E-state index contributed by atoms with van der Waals surface area (Å²) in [6.45, 7) is 7.11. The van der Waals surface area contributed by atoms with Gasteiger partial charge in [-0.15, -0.1) is 0 Å². The number of carbonyl (C=O) groups excluding carboxylic acids is 2. The van der Waals surface area contributed by atoms with E-state index in [-0.39, 0.29) is 24.4 Å². The third-order valence-electron chi connectivity index (χ3n) is 4.38. The minimum absolute atomic E-state index is 0.0569. The van der Waals surface area contributed by atoms with Crippen molar-refractivity contribution in [2.24, 2.45) is 0 Å². The number of nitrogens with zero attached hydrogens (tertiary/aromatic N) is 2. The maximum atomic E-state index is 12.4. The van der Waals surface area contributed by atoms with Gasteiger partial charge in [-0.3, -0.25) is 14.5 Å². The number of rotatable bonds is 4. The number of likely N-dealkylation sites (tertiary alicyclic amines) is 1. The minimum atomic E-state index is -0.170. The second kappa shape index (κ2) is 7.13. The first-order valence-electron chi connectivity index (χ1n) is 8.12. The molecule has 0 radical (unpaired) electrons. The summed E-state index contributed by atoms with van der Waals surface area (Å²) in [6.07, 6.45) is 1.78. The molecular weight excluding hydrogens is 290 g/mol.